The molecule has 0 amide bonds. The summed E-state index contributed by atoms with van der Waals surface area (Å²) < 4.78 is 0. The average molecular weight is 367 g/mol. The van der Waals surface area contributed by atoms with Crippen molar-refractivity contribution in [3.63, 3.8) is 0 Å². The van der Waals surface area contributed by atoms with Crippen LogP contribution in [-0.4, -0.2) is 0 Å². The maximum absolute atomic E-state index is 2.26. The van der Waals surface area contributed by atoms with E-state index >= 15 is 0 Å². The van der Waals surface area contributed by atoms with Gasteiger partial charge in [0, 0.05) is 0 Å². The normalized spacial score (nSPS) is 11.4. The summed E-state index contributed by atoms with van der Waals surface area (Å²) in [4.78, 5) is 0. The van der Waals surface area contributed by atoms with Crippen LogP contribution < -0.4 is 0 Å². The van der Waals surface area contributed by atoms with Crippen LogP contribution in [0.15, 0.2) is 72.8 Å². The largest absolute Gasteiger partial charge is 0.0654 e. The standard InChI is InChI=1S/C20H12.C8H18/c1-5-13-6-2-11-17-18-12-4-8-14-7-3-10-16(20(14)18)15(9-1)19(13)17;1-3-5-7-8-6-4-2/h1-12H;3-8H2,1-2H3. The first-order valence-electron chi connectivity index (χ1n) is 10.9. The first-order valence-corrected chi connectivity index (χ1v) is 10.9. The highest BCUT2D eigenvalue weighted by atomic mass is 14.1. The molecule has 0 atom stereocenters. The highest BCUT2D eigenvalue weighted by molar-refractivity contribution is 6.32. The van der Waals surface area contributed by atoms with Crippen LogP contribution >= 0.6 is 0 Å². The Balaban J connectivity index is 0.000000208. The molecule has 0 aromatic heterocycles. The molecule has 0 N–H and O–H groups in total. The summed E-state index contributed by atoms with van der Waals surface area (Å²) in [6, 6.07) is 26.4. The van der Waals surface area contributed by atoms with Gasteiger partial charge < -0.3 is 0 Å². The van der Waals surface area contributed by atoms with Crippen molar-refractivity contribution in [2.75, 3.05) is 0 Å². The number of hydrogen-bond donors (Lipinski definition) is 0. The van der Waals surface area contributed by atoms with Crippen LogP contribution in [0, 0.1) is 0 Å². The lowest BCUT2D eigenvalue weighted by Gasteiger charge is -2.13. The van der Waals surface area contributed by atoms with E-state index in [0.29, 0.717) is 0 Å². The molecule has 0 aliphatic rings. The third-order valence-electron chi connectivity index (χ3n) is 5.85. The summed E-state index contributed by atoms with van der Waals surface area (Å²) in [5, 5.41) is 10.9. The van der Waals surface area contributed by atoms with E-state index in [9.17, 15) is 0 Å². The maximum Gasteiger partial charge on any atom is -0.00264 e. The van der Waals surface area contributed by atoms with E-state index < -0.39 is 0 Å². The fraction of sp³-hybridized carbons (Fsp3) is 0.286. The fourth-order valence-corrected chi connectivity index (χ4v) is 4.43. The van der Waals surface area contributed by atoms with Crippen LogP contribution in [-0.2, 0) is 0 Å². The van der Waals surface area contributed by atoms with Gasteiger partial charge in [0.2, 0.25) is 0 Å². The molecule has 0 radical (unpaired) electrons. The molecule has 142 valence electrons. The van der Waals surface area contributed by atoms with Gasteiger partial charge in [-0.15, -0.1) is 0 Å². The third-order valence-corrected chi connectivity index (χ3v) is 5.85. The first-order chi connectivity index (χ1) is 13.8. The molecule has 0 heterocycles. The summed E-state index contributed by atoms with van der Waals surface area (Å²) >= 11 is 0. The van der Waals surface area contributed by atoms with Gasteiger partial charge in [-0.2, -0.15) is 0 Å². The lowest BCUT2D eigenvalue weighted by molar-refractivity contribution is 0.624. The first kappa shape index (κ1) is 18.7. The molecule has 0 nitrogen and oxygen atoms in total. The molecule has 0 aliphatic carbocycles. The second-order valence-electron chi connectivity index (χ2n) is 7.83. The Morgan fingerprint density at radius 1 is 0.429 bits per heavy atom. The second kappa shape index (κ2) is 8.61. The van der Waals surface area contributed by atoms with Crippen molar-refractivity contribution in [1.29, 1.82) is 0 Å². The van der Waals surface area contributed by atoms with Crippen molar-refractivity contribution < 1.29 is 0 Å². The van der Waals surface area contributed by atoms with Gasteiger partial charge in [-0.3, -0.25) is 0 Å². The van der Waals surface area contributed by atoms with Gasteiger partial charge in [-0.1, -0.05) is 125 Å². The molecule has 0 saturated heterocycles. The van der Waals surface area contributed by atoms with E-state index in [4.69, 9.17) is 0 Å². The van der Waals surface area contributed by atoms with Crippen molar-refractivity contribution in [3.05, 3.63) is 72.8 Å². The van der Waals surface area contributed by atoms with E-state index in [1.165, 1.54) is 81.6 Å². The minimum atomic E-state index is 1.33. The zero-order valence-electron chi connectivity index (χ0n) is 17.2. The topological polar surface area (TPSA) is 0 Å². The Hall–Kier alpha value is -2.60. The van der Waals surface area contributed by atoms with Gasteiger partial charge in [0.15, 0.2) is 0 Å². The van der Waals surface area contributed by atoms with Gasteiger partial charge >= 0.3 is 0 Å². The Labute approximate surface area is 168 Å². The number of benzene rings is 5. The van der Waals surface area contributed by atoms with Gasteiger partial charge in [0.05, 0.1) is 0 Å². The molecule has 5 aromatic rings. The number of hydrogen-bond acceptors (Lipinski definition) is 0. The molecule has 0 spiro atoms. The SMILES string of the molecule is CCCCCCCC.c1cc2cccc3c4cccc5cccc(c(c1)c23)c54. The Morgan fingerprint density at radius 2 is 0.750 bits per heavy atom. The van der Waals surface area contributed by atoms with Crippen molar-refractivity contribution in [2.45, 2.75) is 52.4 Å². The third kappa shape index (κ3) is 3.44. The molecule has 0 fully saturated rings. The summed E-state index contributed by atoms with van der Waals surface area (Å²) in [5.74, 6) is 0. The molecule has 0 unspecified atom stereocenters. The van der Waals surface area contributed by atoms with Gasteiger partial charge in [-0.05, 0) is 43.1 Å². The van der Waals surface area contributed by atoms with Gasteiger partial charge in [0.25, 0.3) is 0 Å². The molecule has 28 heavy (non-hydrogen) atoms. The Bertz CT molecular complexity index is 1010. The summed E-state index contributed by atoms with van der Waals surface area (Å²) in [6.07, 6.45) is 8.49. The highest BCUT2D eigenvalue weighted by Gasteiger charge is 2.11. The van der Waals surface area contributed by atoms with E-state index in [1.807, 2.05) is 0 Å². The van der Waals surface area contributed by atoms with E-state index in [0.717, 1.165) is 0 Å². The maximum atomic E-state index is 2.26. The van der Waals surface area contributed by atoms with Gasteiger partial charge in [0.1, 0.15) is 0 Å². The molecular formula is C28H30. The number of fused-ring (bicyclic) bond motifs is 2. The van der Waals surface area contributed by atoms with Crippen LogP contribution in [0.25, 0.3) is 43.1 Å². The van der Waals surface area contributed by atoms with Crippen LogP contribution in [0.2, 0.25) is 0 Å². The van der Waals surface area contributed by atoms with Gasteiger partial charge in [-0.25, -0.2) is 0 Å². The number of unbranched alkanes of at least 4 members (excludes halogenated alkanes) is 5. The highest BCUT2D eigenvalue weighted by Crippen LogP contribution is 2.39. The zero-order chi connectivity index (χ0) is 19.3. The number of rotatable bonds is 5. The Morgan fingerprint density at radius 3 is 1.04 bits per heavy atom. The zero-order valence-corrected chi connectivity index (χ0v) is 17.2. The van der Waals surface area contributed by atoms with Crippen LogP contribution in [0.3, 0.4) is 0 Å². The predicted molar refractivity (Wildman–Crippen MR) is 127 cm³/mol. The molecule has 0 aliphatic heterocycles. The molecular weight excluding hydrogens is 336 g/mol. The second-order valence-corrected chi connectivity index (χ2v) is 7.83. The fourth-order valence-electron chi connectivity index (χ4n) is 4.43. The summed E-state index contributed by atoms with van der Waals surface area (Å²) in [6.45, 7) is 4.51. The molecule has 0 heteroatoms. The molecule has 5 aromatic carbocycles. The van der Waals surface area contributed by atoms with E-state index in [2.05, 4.69) is 86.6 Å². The molecule has 0 saturated carbocycles. The van der Waals surface area contributed by atoms with E-state index in [-0.39, 0.29) is 0 Å². The Kier molecular flexibility index (Phi) is 5.76. The van der Waals surface area contributed by atoms with Crippen molar-refractivity contribution in [2.24, 2.45) is 0 Å². The lowest BCUT2D eigenvalue weighted by atomic mass is 9.90. The summed E-state index contributed by atoms with van der Waals surface area (Å²) in [7, 11) is 0. The lowest BCUT2D eigenvalue weighted by Crippen LogP contribution is -1.85. The minimum Gasteiger partial charge on any atom is -0.0654 e. The van der Waals surface area contributed by atoms with Crippen LogP contribution in [0.4, 0.5) is 0 Å². The monoisotopic (exact) mass is 366 g/mol. The average Bonchev–Trinajstić information content (AvgIpc) is 2.75. The predicted octanol–water partition coefficient (Wildman–Crippen LogP) is 9.10. The smallest absolute Gasteiger partial charge is 0.00264 e. The van der Waals surface area contributed by atoms with Crippen molar-refractivity contribution in [1.82, 2.24) is 0 Å². The quantitative estimate of drug-likeness (QED) is 0.165. The van der Waals surface area contributed by atoms with E-state index in [1.54, 1.807) is 0 Å². The van der Waals surface area contributed by atoms with Crippen LogP contribution in [0.1, 0.15) is 52.4 Å². The summed E-state index contributed by atoms with van der Waals surface area (Å²) in [5.41, 5.74) is 0. The van der Waals surface area contributed by atoms with Crippen molar-refractivity contribution in [3.8, 4) is 0 Å². The van der Waals surface area contributed by atoms with Crippen molar-refractivity contribution >= 4 is 43.1 Å². The minimum absolute atomic E-state index is 1.33. The molecule has 0 bridgehead atoms. The van der Waals surface area contributed by atoms with Crippen LogP contribution in [0.5, 0.6) is 0 Å². The molecule has 5 rings (SSSR count).